The predicted molar refractivity (Wildman–Crippen MR) is 96.4 cm³/mol. The predicted octanol–water partition coefficient (Wildman–Crippen LogP) is 4.62. The highest BCUT2D eigenvalue weighted by atomic mass is 16.3. The maximum absolute atomic E-state index is 13.1. The molecule has 2 nitrogen and oxygen atoms in total. The number of Topliss-reactive ketones (excluding diaryl/α,β-unsaturated/α-hetero) is 1. The van der Waals surface area contributed by atoms with Crippen molar-refractivity contribution in [2.45, 2.75) is 65.7 Å². The minimum atomic E-state index is -0.0187. The van der Waals surface area contributed by atoms with Gasteiger partial charge in [-0.05, 0) is 66.6 Å². The van der Waals surface area contributed by atoms with Crippen molar-refractivity contribution in [1.29, 1.82) is 0 Å². The smallest absolute Gasteiger partial charge is 0.137 e. The molecule has 0 heterocycles. The summed E-state index contributed by atoms with van der Waals surface area (Å²) in [6.45, 7) is 7.41. The molecule has 0 saturated heterocycles. The number of aliphatic hydroxyl groups excluding tert-OH is 1. The van der Waals surface area contributed by atoms with Crippen LogP contribution in [0.25, 0.3) is 0 Å². The molecule has 0 spiro atoms. The summed E-state index contributed by atoms with van der Waals surface area (Å²) in [5.41, 5.74) is 0.438. The quantitative estimate of drug-likeness (QED) is 0.750. The van der Waals surface area contributed by atoms with Crippen LogP contribution in [0.1, 0.15) is 65.7 Å². The molecular formula is C22H34O2. The number of hydrogen-bond acceptors (Lipinski definition) is 2. The van der Waals surface area contributed by atoms with E-state index in [4.69, 9.17) is 0 Å². The van der Waals surface area contributed by atoms with E-state index >= 15 is 0 Å². The molecule has 0 amide bonds. The molecule has 24 heavy (non-hydrogen) atoms. The Hall–Kier alpha value is -0.630. The molecule has 0 aliphatic heterocycles. The van der Waals surface area contributed by atoms with Gasteiger partial charge in [-0.2, -0.15) is 0 Å². The Morgan fingerprint density at radius 3 is 2.71 bits per heavy atom. The van der Waals surface area contributed by atoms with Crippen LogP contribution in [-0.2, 0) is 4.79 Å². The molecule has 0 aromatic carbocycles. The van der Waals surface area contributed by atoms with Crippen molar-refractivity contribution in [3.05, 3.63) is 12.2 Å². The number of allylic oxidation sites excluding steroid dienone is 1. The van der Waals surface area contributed by atoms with E-state index in [-0.39, 0.29) is 23.9 Å². The van der Waals surface area contributed by atoms with Gasteiger partial charge in [0.25, 0.3) is 0 Å². The lowest BCUT2D eigenvalue weighted by Gasteiger charge is -2.61. The van der Waals surface area contributed by atoms with E-state index in [1.165, 1.54) is 32.1 Å². The van der Waals surface area contributed by atoms with Crippen LogP contribution in [0.4, 0.5) is 0 Å². The Balaban J connectivity index is 1.72. The highest BCUT2D eigenvalue weighted by Crippen LogP contribution is 2.67. The van der Waals surface area contributed by atoms with Crippen LogP contribution >= 0.6 is 0 Å². The minimum absolute atomic E-state index is 0.0187. The molecule has 3 saturated carbocycles. The van der Waals surface area contributed by atoms with E-state index in [2.05, 4.69) is 32.9 Å². The molecule has 4 aliphatic carbocycles. The highest BCUT2D eigenvalue weighted by Gasteiger charge is 2.62. The number of rotatable bonds is 2. The van der Waals surface area contributed by atoms with Gasteiger partial charge in [0.2, 0.25) is 0 Å². The van der Waals surface area contributed by atoms with Crippen molar-refractivity contribution < 1.29 is 9.90 Å². The fourth-order valence-electron chi connectivity index (χ4n) is 7.87. The van der Waals surface area contributed by atoms with Crippen LogP contribution in [0.5, 0.6) is 0 Å². The van der Waals surface area contributed by atoms with Gasteiger partial charge in [0, 0.05) is 24.9 Å². The van der Waals surface area contributed by atoms with Crippen LogP contribution in [0.3, 0.4) is 0 Å². The molecule has 0 radical (unpaired) electrons. The van der Waals surface area contributed by atoms with Gasteiger partial charge in [-0.3, -0.25) is 4.79 Å². The molecule has 8 atom stereocenters. The second-order valence-electron chi connectivity index (χ2n) is 9.65. The van der Waals surface area contributed by atoms with Gasteiger partial charge in [0.1, 0.15) is 5.78 Å². The van der Waals surface area contributed by atoms with Gasteiger partial charge in [0.05, 0.1) is 0 Å². The topological polar surface area (TPSA) is 37.3 Å². The van der Waals surface area contributed by atoms with Crippen LogP contribution in [0.2, 0.25) is 0 Å². The zero-order valence-corrected chi connectivity index (χ0v) is 15.6. The van der Waals surface area contributed by atoms with Crippen LogP contribution in [0.15, 0.2) is 12.2 Å². The van der Waals surface area contributed by atoms with E-state index in [0.29, 0.717) is 23.0 Å². The second kappa shape index (κ2) is 5.69. The summed E-state index contributed by atoms with van der Waals surface area (Å²) in [6.07, 6.45) is 12.6. The standard InChI is InChI=1S/C22H34O2/c1-4-14-8-9-17-16-12-20(24)19-7-5-6-15(13-23)22(19,3)18(16)10-11-21(14,17)2/h5-6,14-19,23H,4,7-13H2,1-3H3/t14-,15?,16-,17-,18-,19+,21+,22+/m0/s1. The maximum Gasteiger partial charge on any atom is 0.137 e. The Labute approximate surface area is 147 Å². The second-order valence-corrected chi connectivity index (χ2v) is 9.65. The monoisotopic (exact) mass is 330 g/mol. The Bertz CT molecular complexity index is 552. The molecule has 1 N–H and O–H groups in total. The van der Waals surface area contributed by atoms with Gasteiger partial charge < -0.3 is 5.11 Å². The molecular weight excluding hydrogens is 296 g/mol. The van der Waals surface area contributed by atoms with Gasteiger partial charge in [-0.1, -0.05) is 39.3 Å². The summed E-state index contributed by atoms with van der Waals surface area (Å²) < 4.78 is 0. The molecule has 134 valence electrons. The highest BCUT2D eigenvalue weighted by molar-refractivity contribution is 5.83. The van der Waals surface area contributed by atoms with Gasteiger partial charge >= 0.3 is 0 Å². The zero-order chi connectivity index (χ0) is 17.1. The van der Waals surface area contributed by atoms with Crippen LogP contribution in [-0.4, -0.2) is 17.5 Å². The van der Waals surface area contributed by atoms with Crippen molar-refractivity contribution in [3.63, 3.8) is 0 Å². The third kappa shape index (κ3) is 2.01. The number of carbonyl (C=O) groups is 1. The fraction of sp³-hybridized carbons (Fsp3) is 0.864. The lowest BCUT2D eigenvalue weighted by atomic mass is 9.43. The number of fused-ring (bicyclic) bond motifs is 5. The number of ketones is 1. The zero-order valence-electron chi connectivity index (χ0n) is 15.6. The molecule has 0 bridgehead atoms. The summed E-state index contributed by atoms with van der Waals surface area (Å²) in [6, 6.07) is 0. The maximum atomic E-state index is 13.1. The SMILES string of the molecule is CC[C@H]1CC[C@H]2[C@@H]3CC(=O)[C@H]4CC=CC(CO)[C@]4(C)[C@H]3CC[C@]12C. The normalized spacial score (nSPS) is 53.4. The van der Waals surface area contributed by atoms with Crippen molar-refractivity contribution in [3.8, 4) is 0 Å². The van der Waals surface area contributed by atoms with E-state index in [9.17, 15) is 9.90 Å². The summed E-state index contributed by atoms with van der Waals surface area (Å²) in [7, 11) is 0. The summed E-state index contributed by atoms with van der Waals surface area (Å²) >= 11 is 0. The number of aliphatic hydroxyl groups is 1. The number of hydrogen-bond donors (Lipinski definition) is 1. The van der Waals surface area contributed by atoms with Crippen molar-refractivity contribution in [1.82, 2.24) is 0 Å². The Morgan fingerprint density at radius 2 is 2.00 bits per heavy atom. The molecule has 3 fully saturated rings. The summed E-state index contributed by atoms with van der Waals surface area (Å²) in [4.78, 5) is 13.1. The summed E-state index contributed by atoms with van der Waals surface area (Å²) in [5, 5.41) is 10.0. The Morgan fingerprint density at radius 1 is 1.21 bits per heavy atom. The molecule has 1 unspecified atom stereocenters. The fourth-order valence-corrected chi connectivity index (χ4v) is 7.87. The average Bonchev–Trinajstić information content (AvgIpc) is 2.91. The summed E-state index contributed by atoms with van der Waals surface area (Å²) in [5.74, 6) is 3.57. The van der Waals surface area contributed by atoms with E-state index in [1.54, 1.807) is 0 Å². The van der Waals surface area contributed by atoms with Crippen molar-refractivity contribution in [2.75, 3.05) is 6.61 Å². The van der Waals surface area contributed by atoms with E-state index in [0.717, 1.165) is 24.7 Å². The van der Waals surface area contributed by atoms with Gasteiger partial charge in [-0.15, -0.1) is 0 Å². The first-order valence-corrected chi connectivity index (χ1v) is 10.3. The first kappa shape index (κ1) is 16.8. The third-order valence-corrected chi connectivity index (χ3v) is 9.24. The first-order valence-electron chi connectivity index (χ1n) is 10.3. The largest absolute Gasteiger partial charge is 0.396 e. The molecule has 2 heteroatoms. The van der Waals surface area contributed by atoms with E-state index < -0.39 is 0 Å². The molecule has 0 aromatic rings. The van der Waals surface area contributed by atoms with Crippen LogP contribution in [0, 0.1) is 46.3 Å². The first-order chi connectivity index (χ1) is 11.5. The molecule has 4 rings (SSSR count). The van der Waals surface area contributed by atoms with E-state index in [1.807, 2.05) is 0 Å². The average molecular weight is 331 g/mol. The van der Waals surface area contributed by atoms with Crippen LogP contribution < -0.4 is 0 Å². The Kier molecular flexibility index (Phi) is 3.99. The number of carbonyl (C=O) groups excluding carboxylic acids is 1. The van der Waals surface area contributed by atoms with Crippen molar-refractivity contribution >= 4 is 5.78 Å². The minimum Gasteiger partial charge on any atom is -0.396 e. The third-order valence-electron chi connectivity index (χ3n) is 9.24. The van der Waals surface area contributed by atoms with Gasteiger partial charge in [0.15, 0.2) is 0 Å². The van der Waals surface area contributed by atoms with Crippen molar-refractivity contribution in [2.24, 2.45) is 46.3 Å². The molecule has 4 aliphatic rings. The molecule has 0 aromatic heterocycles. The lowest BCUT2D eigenvalue weighted by Crippen LogP contribution is -2.58. The lowest BCUT2D eigenvalue weighted by molar-refractivity contribution is -0.157. The van der Waals surface area contributed by atoms with Gasteiger partial charge in [-0.25, -0.2) is 0 Å².